The Kier molecular flexibility index (Phi) is 5.05. The van der Waals surface area contributed by atoms with Crippen LogP contribution in [0.5, 0.6) is 0 Å². The molecule has 2 aromatic carbocycles. The van der Waals surface area contributed by atoms with E-state index in [1.165, 1.54) is 0 Å². The average molecular weight is 319 g/mol. The molecule has 0 saturated carbocycles. The standard InChI is InChI=1S/C17H15F2NO3/c1-10-4-3-5-11(2)16(10)20-15(21)9-23-17(22)13-8-12(18)6-7-14(13)19/h3-8H,9H2,1-2H3,(H,20,21). The van der Waals surface area contributed by atoms with E-state index in [4.69, 9.17) is 4.74 Å². The van der Waals surface area contributed by atoms with Gasteiger partial charge in [0.05, 0.1) is 5.56 Å². The third-order valence-corrected chi connectivity index (χ3v) is 3.23. The summed E-state index contributed by atoms with van der Waals surface area (Å²) in [7, 11) is 0. The van der Waals surface area contributed by atoms with Gasteiger partial charge < -0.3 is 10.1 Å². The summed E-state index contributed by atoms with van der Waals surface area (Å²) >= 11 is 0. The van der Waals surface area contributed by atoms with Gasteiger partial charge in [-0.2, -0.15) is 0 Å². The van der Waals surface area contributed by atoms with Gasteiger partial charge in [0, 0.05) is 5.69 Å². The molecule has 0 aliphatic rings. The fourth-order valence-electron chi connectivity index (χ4n) is 2.05. The van der Waals surface area contributed by atoms with Crippen molar-refractivity contribution in [1.29, 1.82) is 0 Å². The molecular weight excluding hydrogens is 304 g/mol. The van der Waals surface area contributed by atoms with Gasteiger partial charge in [-0.25, -0.2) is 13.6 Å². The largest absolute Gasteiger partial charge is 0.452 e. The molecule has 0 unspecified atom stereocenters. The normalized spacial score (nSPS) is 10.3. The zero-order chi connectivity index (χ0) is 17.0. The van der Waals surface area contributed by atoms with Gasteiger partial charge in [-0.1, -0.05) is 18.2 Å². The Morgan fingerprint density at radius 3 is 2.39 bits per heavy atom. The van der Waals surface area contributed by atoms with Gasteiger partial charge in [0.25, 0.3) is 5.91 Å². The Morgan fingerprint density at radius 1 is 1.09 bits per heavy atom. The first kappa shape index (κ1) is 16.6. The summed E-state index contributed by atoms with van der Waals surface area (Å²) in [6.07, 6.45) is 0. The molecule has 2 aromatic rings. The number of ether oxygens (including phenoxy) is 1. The van der Waals surface area contributed by atoms with Crippen LogP contribution in [0.4, 0.5) is 14.5 Å². The number of aryl methyl sites for hydroxylation is 2. The van der Waals surface area contributed by atoms with E-state index in [0.717, 1.165) is 29.3 Å². The zero-order valence-corrected chi connectivity index (χ0v) is 12.7. The van der Waals surface area contributed by atoms with Gasteiger partial charge in [0.15, 0.2) is 6.61 Å². The molecule has 4 nitrogen and oxygen atoms in total. The van der Waals surface area contributed by atoms with Crippen molar-refractivity contribution in [2.24, 2.45) is 0 Å². The van der Waals surface area contributed by atoms with Crippen molar-refractivity contribution in [3.63, 3.8) is 0 Å². The van der Waals surface area contributed by atoms with Crippen LogP contribution in [0.1, 0.15) is 21.5 Å². The lowest BCUT2D eigenvalue weighted by atomic mass is 10.1. The average Bonchev–Trinajstić information content (AvgIpc) is 2.51. The third kappa shape index (κ3) is 4.12. The maximum atomic E-state index is 13.4. The summed E-state index contributed by atoms with van der Waals surface area (Å²) in [5, 5.41) is 2.63. The van der Waals surface area contributed by atoms with Crippen molar-refractivity contribution in [3.05, 3.63) is 64.7 Å². The molecule has 0 saturated heterocycles. The van der Waals surface area contributed by atoms with E-state index in [0.29, 0.717) is 5.69 Å². The number of hydrogen-bond acceptors (Lipinski definition) is 3. The number of nitrogens with one attached hydrogen (secondary N) is 1. The third-order valence-electron chi connectivity index (χ3n) is 3.23. The Morgan fingerprint density at radius 2 is 1.74 bits per heavy atom. The van der Waals surface area contributed by atoms with Crippen molar-refractivity contribution in [1.82, 2.24) is 0 Å². The Balaban J connectivity index is 1.99. The van der Waals surface area contributed by atoms with E-state index in [9.17, 15) is 18.4 Å². The van der Waals surface area contributed by atoms with Crippen LogP contribution in [-0.4, -0.2) is 18.5 Å². The summed E-state index contributed by atoms with van der Waals surface area (Å²) in [6, 6.07) is 7.95. The molecule has 1 amide bonds. The molecule has 0 aromatic heterocycles. The first-order chi connectivity index (χ1) is 10.9. The second kappa shape index (κ2) is 7.00. The number of esters is 1. The number of hydrogen-bond donors (Lipinski definition) is 1. The van der Waals surface area contributed by atoms with Crippen molar-refractivity contribution in [3.8, 4) is 0 Å². The summed E-state index contributed by atoms with van der Waals surface area (Å²) in [6.45, 7) is 3.07. The molecule has 0 aliphatic heterocycles. The lowest BCUT2D eigenvalue weighted by Gasteiger charge is -2.11. The molecule has 0 atom stereocenters. The van der Waals surface area contributed by atoms with E-state index in [-0.39, 0.29) is 0 Å². The second-order valence-electron chi connectivity index (χ2n) is 5.02. The number of carbonyl (C=O) groups excluding carboxylic acids is 2. The van der Waals surface area contributed by atoms with E-state index in [1.54, 1.807) is 0 Å². The molecule has 1 N–H and O–H groups in total. The number of carbonyl (C=O) groups is 2. The molecule has 0 spiro atoms. The van der Waals surface area contributed by atoms with Crippen LogP contribution in [0, 0.1) is 25.5 Å². The maximum absolute atomic E-state index is 13.4. The smallest absolute Gasteiger partial charge is 0.341 e. The minimum atomic E-state index is -1.10. The quantitative estimate of drug-likeness (QED) is 0.879. The SMILES string of the molecule is Cc1cccc(C)c1NC(=O)COC(=O)c1cc(F)ccc1F. The van der Waals surface area contributed by atoms with Crippen LogP contribution in [-0.2, 0) is 9.53 Å². The number of rotatable bonds is 4. The molecule has 23 heavy (non-hydrogen) atoms. The first-order valence-corrected chi connectivity index (χ1v) is 6.86. The Labute approximate surface area is 132 Å². The highest BCUT2D eigenvalue weighted by Gasteiger charge is 2.16. The zero-order valence-electron chi connectivity index (χ0n) is 12.7. The van der Waals surface area contributed by atoms with E-state index >= 15 is 0 Å². The van der Waals surface area contributed by atoms with Crippen LogP contribution in [0.25, 0.3) is 0 Å². The Bertz CT molecular complexity index is 739. The predicted octanol–water partition coefficient (Wildman–Crippen LogP) is 3.38. The van der Waals surface area contributed by atoms with E-state index < -0.39 is 35.7 Å². The topological polar surface area (TPSA) is 55.4 Å². The van der Waals surface area contributed by atoms with Gasteiger partial charge in [-0.3, -0.25) is 4.79 Å². The number of para-hydroxylation sites is 1. The van der Waals surface area contributed by atoms with Crippen LogP contribution in [0.3, 0.4) is 0 Å². The minimum Gasteiger partial charge on any atom is -0.452 e. The fraction of sp³-hybridized carbons (Fsp3) is 0.176. The molecule has 2 rings (SSSR count). The van der Waals surface area contributed by atoms with Crippen LogP contribution in [0.2, 0.25) is 0 Å². The maximum Gasteiger partial charge on any atom is 0.341 e. The Hall–Kier alpha value is -2.76. The summed E-state index contributed by atoms with van der Waals surface area (Å²) in [4.78, 5) is 23.5. The number of anilines is 1. The minimum absolute atomic E-state index is 0.551. The van der Waals surface area contributed by atoms with Crippen molar-refractivity contribution >= 4 is 17.6 Å². The molecule has 0 radical (unpaired) electrons. The van der Waals surface area contributed by atoms with Crippen molar-refractivity contribution in [2.45, 2.75) is 13.8 Å². The van der Waals surface area contributed by atoms with E-state index in [1.807, 2.05) is 32.0 Å². The van der Waals surface area contributed by atoms with Gasteiger partial charge in [-0.05, 0) is 43.2 Å². The molecule has 120 valence electrons. The summed E-state index contributed by atoms with van der Waals surface area (Å²) in [5.41, 5.74) is 1.80. The molecule has 6 heteroatoms. The van der Waals surface area contributed by atoms with Gasteiger partial charge in [0.1, 0.15) is 11.6 Å². The molecule has 0 heterocycles. The van der Waals surface area contributed by atoms with Gasteiger partial charge in [-0.15, -0.1) is 0 Å². The second-order valence-corrected chi connectivity index (χ2v) is 5.02. The summed E-state index contributed by atoms with van der Waals surface area (Å²) in [5.74, 6) is -3.34. The number of benzene rings is 2. The fourth-order valence-corrected chi connectivity index (χ4v) is 2.05. The lowest BCUT2D eigenvalue weighted by molar-refractivity contribution is -0.119. The lowest BCUT2D eigenvalue weighted by Crippen LogP contribution is -2.22. The number of halogens is 2. The molecule has 0 fully saturated rings. The molecule has 0 aliphatic carbocycles. The van der Waals surface area contributed by atoms with Gasteiger partial charge in [0.2, 0.25) is 0 Å². The van der Waals surface area contributed by atoms with Crippen LogP contribution < -0.4 is 5.32 Å². The van der Waals surface area contributed by atoms with Crippen molar-refractivity contribution < 1.29 is 23.1 Å². The molecular formula is C17H15F2NO3. The monoisotopic (exact) mass is 319 g/mol. The highest BCUT2D eigenvalue weighted by atomic mass is 19.1. The predicted molar refractivity (Wildman–Crippen MR) is 81.2 cm³/mol. The highest BCUT2D eigenvalue weighted by Crippen LogP contribution is 2.19. The van der Waals surface area contributed by atoms with Crippen molar-refractivity contribution in [2.75, 3.05) is 11.9 Å². The van der Waals surface area contributed by atoms with Crippen LogP contribution in [0.15, 0.2) is 36.4 Å². The summed E-state index contributed by atoms with van der Waals surface area (Å²) < 4.78 is 31.2. The van der Waals surface area contributed by atoms with Crippen LogP contribution >= 0.6 is 0 Å². The first-order valence-electron chi connectivity index (χ1n) is 6.86. The van der Waals surface area contributed by atoms with Gasteiger partial charge >= 0.3 is 5.97 Å². The highest BCUT2D eigenvalue weighted by molar-refractivity contribution is 5.96. The van der Waals surface area contributed by atoms with E-state index in [2.05, 4.69) is 5.32 Å². The number of amides is 1. The molecule has 0 bridgehead atoms.